The number of carboxylic acid groups (broad SMARTS) is 1. The quantitative estimate of drug-likeness (QED) is 0.724. The Morgan fingerprint density at radius 1 is 1.29 bits per heavy atom. The number of carbonyl (C=O) groups excluding carboxylic acids is 1. The van der Waals surface area contributed by atoms with Gasteiger partial charge in [0.15, 0.2) is 0 Å². The molecule has 0 aromatic heterocycles. The number of nitrogens with one attached hydrogen (secondary N) is 1. The second-order valence-electron chi connectivity index (χ2n) is 5.35. The lowest BCUT2D eigenvalue weighted by Gasteiger charge is -2.10. The van der Waals surface area contributed by atoms with Crippen LogP contribution in [0, 0.1) is 19.8 Å². The normalized spacial score (nSPS) is 12.0. The molecular formula is C16H23NO3S. The van der Waals surface area contributed by atoms with E-state index in [-0.39, 0.29) is 18.2 Å². The molecule has 5 heteroatoms. The molecule has 0 spiro atoms. The van der Waals surface area contributed by atoms with Crippen molar-refractivity contribution in [1.29, 1.82) is 0 Å². The second-order valence-corrected chi connectivity index (χ2v) is 6.52. The number of hydrogen-bond donors (Lipinski definition) is 2. The van der Waals surface area contributed by atoms with Crippen molar-refractivity contribution in [3.63, 3.8) is 0 Å². The number of benzene rings is 1. The third-order valence-electron chi connectivity index (χ3n) is 3.25. The maximum Gasteiger partial charge on any atom is 0.303 e. The average molecular weight is 309 g/mol. The largest absolute Gasteiger partial charge is 0.481 e. The van der Waals surface area contributed by atoms with Crippen LogP contribution in [0.25, 0.3) is 0 Å². The highest BCUT2D eigenvalue weighted by molar-refractivity contribution is 7.99. The topological polar surface area (TPSA) is 66.4 Å². The maximum absolute atomic E-state index is 11.7. The van der Waals surface area contributed by atoms with Gasteiger partial charge in [-0.3, -0.25) is 9.59 Å². The molecule has 0 saturated carbocycles. The van der Waals surface area contributed by atoms with Gasteiger partial charge in [0.1, 0.15) is 0 Å². The van der Waals surface area contributed by atoms with Crippen molar-refractivity contribution in [3.8, 4) is 0 Å². The van der Waals surface area contributed by atoms with Crippen LogP contribution < -0.4 is 5.32 Å². The van der Waals surface area contributed by atoms with E-state index in [1.165, 1.54) is 16.0 Å². The highest BCUT2D eigenvalue weighted by Gasteiger charge is 2.09. The van der Waals surface area contributed by atoms with Crippen molar-refractivity contribution >= 4 is 23.6 Å². The zero-order chi connectivity index (χ0) is 15.8. The van der Waals surface area contributed by atoms with Crippen molar-refractivity contribution in [2.24, 2.45) is 5.92 Å². The third-order valence-corrected chi connectivity index (χ3v) is 4.24. The number of aryl methyl sites for hydroxylation is 2. The van der Waals surface area contributed by atoms with Gasteiger partial charge >= 0.3 is 5.97 Å². The van der Waals surface area contributed by atoms with Crippen LogP contribution in [0.15, 0.2) is 23.1 Å². The molecule has 0 aliphatic rings. The highest BCUT2D eigenvalue weighted by atomic mass is 32.2. The summed E-state index contributed by atoms with van der Waals surface area (Å²) in [6.07, 6.45) is 0.523. The fourth-order valence-electron chi connectivity index (χ4n) is 1.81. The van der Waals surface area contributed by atoms with Gasteiger partial charge in [0, 0.05) is 30.0 Å². The molecule has 0 aliphatic carbocycles. The van der Waals surface area contributed by atoms with Crippen molar-refractivity contribution in [2.75, 3.05) is 12.3 Å². The van der Waals surface area contributed by atoms with Gasteiger partial charge in [-0.25, -0.2) is 0 Å². The van der Waals surface area contributed by atoms with Gasteiger partial charge in [-0.2, -0.15) is 0 Å². The summed E-state index contributed by atoms with van der Waals surface area (Å²) in [7, 11) is 0. The van der Waals surface area contributed by atoms with E-state index in [9.17, 15) is 9.59 Å². The minimum absolute atomic E-state index is 0.0245. The third kappa shape index (κ3) is 7.18. The summed E-state index contributed by atoms with van der Waals surface area (Å²) in [5.41, 5.74) is 2.52. The van der Waals surface area contributed by atoms with E-state index in [0.29, 0.717) is 13.0 Å². The van der Waals surface area contributed by atoms with E-state index in [2.05, 4.69) is 37.4 Å². The minimum atomic E-state index is -0.831. The molecule has 1 rings (SSSR count). The SMILES string of the molecule is Cc1ccc(SCCC(=O)NCC(C)CC(=O)O)cc1C. The smallest absolute Gasteiger partial charge is 0.303 e. The Morgan fingerprint density at radius 3 is 2.62 bits per heavy atom. The van der Waals surface area contributed by atoms with E-state index in [1.807, 2.05) is 6.92 Å². The fourth-order valence-corrected chi connectivity index (χ4v) is 2.76. The number of hydrogen-bond acceptors (Lipinski definition) is 3. The van der Waals surface area contributed by atoms with Gasteiger partial charge in [-0.1, -0.05) is 13.0 Å². The van der Waals surface area contributed by atoms with Crippen LogP contribution in [0.1, 0.15) is 30.9 Å². The van der Waals surface area contributed by atoms with Gasteiger partial charge in [-0.15, -0.1) is 11.8 Å². The molecule has 1 aromatic carbocycles. The Morgan fingerprint density at radius 2 is 2.00 bits per heavy atom. The lowest BCUT2D eigenvalue weighted by Crippen LogP contribution is -2.29. The zero-order valence-corrected chi connectivity index (χ0v) is 13.6. The van der Waals surface area contributed by atoms with Gasteiger partial charge in [0.2, 0.25) is 5.91 Å². The summed E-state index contributed by atoms with van der Waals surface area (Å²) < 4.78 is 0. The monoisotopic (exact) mass is 309 g/mol. The van der Waals surface area contributed by atoms with Crippen molar-refractivity contribution in [3.05, 3.63) is 29.3 Å². The van der Waals surface area contributed by atoms with E-state index in [0.717, 1.165) is 5.75 Å². The number of rotatable bonds is 8. The molecule has 1 atom stereocenters. The van der Waals surface area contributed by atoms with Crippen LogP contribution in [0.4, 0.5) is 0 Å². The van der Waals surface area contributed by atoms with E-state index < -0.39 is 5.97 Å². The van der Waals surface area contributed by atoms with Crippen LogP contribution in [0.3, 0.4) is 0 Å². The maximum atomic E-state index is 11.7. The van der Waals surface area contributed by atoms with E-state index in [4.69, 9.17) is 5.11 Å². The molecule has 0 fully saturated rings. The number of carboxylic acids is 1. The first-order valence-corrected chi connectivity index (χ1v) is 8.05. The lowest BCUT2D eigenvalue weighted by molar-refractivity contribution is -0.138. The van der Waals surface area contributed by atoms with Gasteiger partial charge < -0.3 is 10.4 Å². The Bertz CT molecular complexity index is 502. The van der Waals surface area contributed by atoms with Crippen molar-refractivity contribution in [1.82, 2.24) is 5.32 Å². The molecule has 116 valence electrons. The van der Waals surface area contributed by atoms with Crippen molar-refractivity contribution < 1.29 is 14.7 Å². The first-order valence-electron chi connectivity index (χ1n) is 7.07. The Labute approximate surface area is 130 Å². The molecule has 0 saturated heterocycles. The molecule has 0 aliphatic heterocycles. The molecule has 0 heterocycles. The molecular weight excluding hydrogens is 286 g/mol. The van der Waals surface area contributed by atoms with Crippen LogP contribution >= 0.6 is 11.8 Å². The van der Waals surface area contributed by atoms with Crippen LogP contribution in [0.5, 0.6) is 0 Å². The summed E-state index contributed by atoms with van der Waals surface area (Å²) >= 11 is 1.66. The van der Waals surface area contributed by atoms with Gasteiger partial charge in [0.25, 0.3) is 0 Å². The van der Waals surface area contributed by atoms with Crippen LogP contribution in [0.2, 0.25) is 0 Å². The zero-order valence-electron chi connectivity index (χ0n) is 12.8. The lowest BCUT2D eigenvalue weighted by atomic mass is 10.1. The summed E-state index contributed by atoms with van der Waals surface area (Å²) in [4.78, 5) is 23.4. The standard InChI is InChI=1S/C16H23NO3S/c1-11(8-16(19)20)10-17-15(18)6-7-21-14-5-4-12(2)13(3)9-14/h4-5,9,11H,6-8,10H2,1-3H3,(H,17,18)(H,19,20). The molecule has 0 radical (unpaired) electrons. The van der Waals surface area contributed by atoms with Gasteiger partial charge in [0.05, 0.1) is 0 Å². The Kier molecular flexibility index (Phi) is 7.29. The van der Waals surface area contributed by atoms with E-state index in [1.54, 1.807) is 11.8 Å². The molecule has 1 aromatic rings. The molecule has 0 bridgehead atoms. The Hall–Kier alpha value is -1.49. The first-order chi connectivity index (χ1) is 9.88. The fraction of sp³-hybridized carbons (Fsp3) is 0.500. The predicted molar refractivity (Wildman–Crippen MR) is 85.7 cm³/mol. The second kappa shape index (κ2) is 8.72. The summed E-state index contributed by atoms with van der Waals surface area (Å²) in [6.45, 7) is 6.39. The van der Waals surface area contributed by atoms with E-state index >= 15 is 0 Å². The van der Waals surface area contributed by atoms with Crippen molar-refractivity contribution in [2.45, 2.75) is 38.5 Å². The molecule has 1 amide bonds. The molecule has 1 unspecified atom stereocenters. The average Bonchev–Trinajstić information content (AvgIpc) is 2.40. The van der Waals surface area contributed by atoms with Crippen LogP contribution in [-0.4, -0.2) is 29.3 Å². The van der Waals surface area contributed by atoms with Crippen LogP contribution in [-0.2, 0) is 9.59 Å². The summed E-state index contributed by atoms with van der Waals surface area (Å²) in [6, 6.07) is 6.29. The molecule has 4 nitrogen and oxygen atoms in total. The Balaban J connectivity index is 2.24. The summed E-state index contributed by atoms with van der Waals surface area (Å²) in [5, 5.41) is 11.4. The van der Waals surface area contributed by atoms with Gasteiger partial charge in [-0.05, 0) is 43.0 Å². The molecule has 21 heavy (non-hydrogen) atoms. The first kappa shape index (κ1) is 17.6. The predicted octanol–water partition coefficient (Wildman–Crippen LogP) is 3.01. The summed E-state index contributed by atoms with van der Waals surface area (Å²) in [5.74, 6) is -0.175. The number of amides is 1. The highest BCUT2D eigenvalue weighted by Crippen LogP contribution is 2.21. The minimum Gasteiger partial charge on any atom is -0.481 e. The number of aliphatic carboxylic acids is 1. The number of carbonyl (C=O) groups is 2. The molecule has 2 N–H and O–H groups in total. The number of thioether (sulfide) groups is 1.